The summed E-state index contributed by atoms with van der Waals surface area (Å²) in [6.45, 7) is 6.74. The first-order valence-corrected chi connectivity index (χ1v) is 12.3. The molecule has 32 heavy (non-hydrogen) atoms. The van der Waals surface area contributed by atoms with Gasteiger partial charge in [0.2, 0.25) is 15.9 Å². The summed E-state index contributed by atoms with van der Waals surface area (Å²) in [5, 5.41) is 2.73. The molecule has 0 spiro atoms. The fourth-order valence-electron chi connectivity index (χ4n) is 3.32. The van der Waals surface area contributed by atoms with E-state index in [1.807, 2.05) is 24.3 Å². The second-order valence-corrected chi connectivity index (χ2v) is 9.81. The van der Waals surface area contributed by atoms with E-state index in [0.29, 0.717) is 36.3 Å². The summed E-state index contributed by atoms with van der Waals surface area (Å²) < 4.78 is 43.3. The van der Waals surface area contributed by atoms with Crippen LogP contribution in [0.5, 0.6) is 17.2 Å². The molecular formula is C23H30N2O6S. The van der Waals surface area contributed by atoms with Gasteiger partial charge in [0.05, 0.1) is 18.0 Å². The SMILES string of the molecule is CCS(=O)(=O)N(CC(=O)NCCOc1ccccc1C(C)C)c1ccc2c(c1)OCCO2. The van der Waals surface area contributed by atoms with Gasteiger partial charge in [-0.05, 0) is 36.6 Å². The van der Waals surface area contributed by atoms with Crippen molar-refractivity contribution >= 4 is 21.6 Å². The van der Waals surface area contributed by atoms with Crippen LogP contribution in [0.15, 0.2) is 42.5 Å². The number of carbonyl (C=O) groups is 1. The van der Waals surface area contributed by atoms with Gasteiger partial charge in [0.1, 0.15) is 32.1 Å². The monoisotopic (exact) mass is 462 g/mol. The molecule has 0 radical (unpaired) electrons. The summed E-state index contributed by atoms with van der Waals surface area (Å²) in [6.07, 6.45) is 0. The van der Waals surface area contributed by atoms with Crippen LogP contribution >= 0.6 is 0 Å². The summed E-state index contributed by atoms with van der Waals surface area (Å²) in [6, 6.07) is 12.6. The van der Waals surface area contributed by atoms with Crippen LogP contribution in [0, 0.1) is 0 Å². The lowest BCUT2D eigenvalue weighted by Gasteiger charge is -2.25. The number of ether oxygens (including phenoxy) is 3. The van der Waals surface area contributed by atoms with Crippen molar-refractivity contribution in [3.8, 4) is 17.2 Å². The minimum atomic E-state index is -3.68. The first-order chi connectivity index (χ1) is 15.3. The predicted octanol–water partition coefficient (Wildman–Crippen LogP) is 2.93. The fourth-order valence-corrected chi connectivity index (χ4v) is 4.38. The summed E-state index contributed by atoms with van der Waals surface area (Å²) in [5.74, 6) is 1.56. The Hall–Kier alpha value is -2.94. The van der Waals surface area contributed by atoms with Crippen LogP contribution in [0.25, 0.3) is 0 Å². The molecule has 2 aromatic rings. The average molecular weight is 463 g/mol. The van der Waals surface area contributed by atoms with E-state index in [2.05, 4.69) is 19.2 Å². The van der Waals surface area contributed by atoms with Crippen molar-refractivity contribution in [3.63, 3.8) is 0 Å². The second-order valence-electron chi connectivity index (χ2n) is 7.63. The van der Waals surface area contributed by atoms with Crippen LogP contribution in [0.4, 0.5) is 5.69 Å². The molecule has 1 N–H and O–H groups in total. The minimum absolute atomic E-state index is 0.135. The van der Waals surface area contributed by atoms with Crippen molar-refractivity contribution in [1.29, 1.82) is 0 Å². The third kappa shape index (κ3) is 5.85. The lowest BCUT2D eigenvalue weighted by atomic mass is 10.0. The number of anilines is 1. The number of rotatable bonds is 10. The van der Waals surface area contributed by atoms with Gasteiger partial charge in [-0.2, -0.15) is 0 Å². The third-order valence-corrected chi connectivity index (χ3v) is 6.77. The number of para-hydroxylation sites is 1. The van der Waals surface area contributed by atoms with E-state index >= 15 is 0 Å². The standard InChI is InChI=1S/C23H30N2O6S/c1-4-32(27,28)25(18-9-10-21-22(15-18)31-14-13-30-21)16-23(26)24-11-12-29-20-8-6-5-7-19(20)17(2)3/h5-10,15,17H,4,11-14,16H2,1-3H3,(H,24,26). The Morgan fingerprint density at radius 3 is 2.56 bits per heavy atom. The summed E-state index contributed by atoms with van der Waals surface area (Å²) >= 11 is 0. The maximum Gasteiger partial charge on any atom is 0.240 e. The molecule has 0 saturated carbocycles. The van der Waals surface area contributed by atoms with E-state index in [0.717, 1.165) is 15.6 Å². The number of hydrogen-bond donors (Lipinski definition) is 1. The number of sulfonamides is 1. The zero-order chi connectivity index (χ0) is 23.1. The van der Waals surface area contributed by atoms with E-state index in [4.69, 9.17) is 14.2 Å². The number of fused-ring (bicyclic) bond motifs is 1. The van der Waals surface area contributed by atoms with Gasteiger partial charge in [-0.15, -0.1) is 0 Å². The Morgan fingerprint density at radius 2 is 1.84 bits per heavy atom. The molecule has 0 aliphatic carbocycles. The Kier molecular flexibility index (Phi) is 7.84. The van der Waals surface area contributed by atoms with E-state index in [1.54, 1.807) is 18.2 Å². The first-order valence-electron chi connectivity index (χ1n) is 10.7. The molecule has 174 valence electrons. The highest BCUT2D eigenvalue weighted by molar-refractivity contribution is 7.92. The van der Waals surface area contributed by atoms with Gasteiger partial charge in [-0.25, -0.2) is 8.42 Å². The van der Waals surface area contributed by atoms with Crippen molar-refractivity contribution in [3.05, 3.63) is 48.0 Å². The summed E-state index contributed by atoms with van der Waals surface area (Å²) in [7, 11) is -3.68. The zero-order valence-corrected chi connectivity index (χ0v) is 19.5. The molecule has 0 unspecified atom stereocenters. The molecule has 1 amide bonds. The Labute approximate surface area is 189 Å². The van der Waals surface area contributed by atoms with Crippen molar-refractivity contribution in [2.45, 2.75) is 26.7 Å². The van der Waals surface area contributed by atoms with E-state index < -0.39 is 15.9 Å². The van der Waals surface area contributed by atoms with Crippen molar-refractivity contribution in [2.75, 3.05) is 43.0 Å². The maximum absolute atomic E-state index is 12.7. The molecular weight excluding hydrogens is 432 g/mol. The van der Waals surface area contributed by atoms with Gasteiger partial charge >= 0.3 is 0 Å². The molecule has 1 heterocycles. The topological polar surface area (TPSA) is 94.2 Å². The lowest BCUT2D eigenvalue weighted by Crippen LogP contribution is -2.42. The number of hydrogen-bond acceptors (Lipinski definition) is 6. The van der Waals surface area contributed by atoms with Gasteiger partial charge in [-0.1, -0.05) is 32.0 Å². The molecule has 1 aliphatic rings. The second kappa shape index (κ2) is 10.6. The maximum atomic E-state index is 12.7. The van der Waals surface area contributed by atoms with E-state index in [-0.39, 0.29) is 25.4 Å². The van der Waals surface area contributed by atoms with Crippen LogP contribution in [0.2, 0.25) is 0 Å². The highest BCUT2D eigenvalue weighted by Crippen LogP contribution is 2.34. The molecule has 0 aromatic heterocycles. The molecule has 0 fully saturated rings. The van der Waals surface area contributed by atoms with Crippen molar-refractivity contribution in [1.82, 2.24) is 5.32 Å². The van der Waals surface area contributed by atoms with Gasteiger partial charge in [0, 0.05) is 6.07 Å². The Balaban J connectivity index is 1.62. The van der Waals surface area contributed by atoms with Gasteiger partial charge in [0.25, 0.3) is 0 Å². The van der Waals surface area contributed by atoms with Crippen LogP contribution in [0.3, 0.4) is 0 Å². The first kappa shape index (κ1) is 23.7. The zero-order valence-electron chi connectivity index (χ0n) is 18.7. The Bertz CT molecular complexity index is 1040. The third-order valence-electron chi connectivity index (χ3n) is 5.02. The fraction of sp³-hybridized carbons (Fsp3) is 0.435. The lowest BCUT2D eigenvalue weighted by molar-refractivity contribution is -0.119. The number of benzene rings is 2. The molecule has 0 bridgehead atoms. The van der Waals surface area contributed by atoms with Gasteiger partial charge in [-0.3, -0.25) is 9.10 Å². The van der Waals surface area contributed by atoms with Gasteiger partial charge < -0.3 is 19.5 Å². The largest absolute Gasteiger partial charge is 0.491 e. The molecule has 3 rings (SSSR count). The molecule has 9 heteroatoms. The summed E-state index contributed by atoms with van der Waals surface area (Å²) in [5.41, 5.74) is 1.45. The Morgan fingerprint density at radius 1 is 1.12 bits per heavy atom. The van der Waals surface area contributed by atoms with Crippen LogP contribution < -0.4 is 23.8 Å². The highest BCUT2D eigenvalue weighted by atomic mass is 32.2. The van der Waals surface area contributed by atoms with Crippen LogP contribution in [-0.2, 0) is 14.8 Å². The predicted molar refractivity (Wildman–Crippen MR) is 123 cm³/mol. The van der Waals surface area contributed by atoms with Crippen LogP contribution in [-0.4, -0.2) is 53.0 Å². The number of amides is 1. The molecule has 2 aromatic carbocycles. The molecule has 8 nitrogen and oxygen atoms in total. The number of nitrogens with one attached hydrogen (secondary N) is 1. The van der Waals surface area contributed by atoms with Crippen molar-refractivity contribution in [2.24, 2.45) is 0 Å². The number of nitrogens with zero attached hydrogens (tertiary/aromatic N) is 1. The average Bonchev–Trinajstić information content (AvgIpc) is 2.80. The van der Waals surface area contributed by atoms with Gasteiger partial charge in [0.15, 0.2) is 11.5 Å². The molecule has 1 aliphatic heterocycles. The van der Waals surface area contributed by atoms with E-state index in [1.165, 1.54) is 6.92 Å². The smallest absolute Gasteiger partial charge is 0.240 e. The van der Waals surface area contributed by atoms with E-state index in [9.17, 15) is 13.2 Å². The molecule has 0 saturated heterocycles. The highest BCUT2D eigenvalue weighted by Gasteiger charge is 2.25. The number of carbonyl (C=O) groups excluding carboxylic acids is 1. The summed E-state index contributed by atoms with van der Waals surface area (Å²) in [4.78, 5) is 12.5. The van der Waals surface area contributed by atoms with Crippen molar-refractivity contribution < 1.29 is 27.4 Å². The normalized spacial score (nSPS) is 13.0. The quantitative estimate of drug-likeness (QED) is 0.546. The molecule has 0 atom stereocenters. The minimum Gasteiger partial charge on any atom is -0.491 e. The van der Waals surface area contributed by atoms with Crippen LogP contribution in [0.1, 0.15) is 32.3 Å².